The van der Waals surface area contributed by atoms with Gasteiger partial charge in [0.2, 0.25) is 0 Å². The number of piperidine rings is 1. The Balaban J connectivity index is 1.58. The van der Waals surface area contributed by atoms with Gasteiger partial charge in [-0.05, 0) is 62.4 Å². The predicted molar refractivity (Wildman–Crippen MR) is 92.3 cm³/mol. The van der Waals surface area contributed by atoms with Gasteiger partial charge in [-0.3, -0.25) is 4.68 Å². The summed E-state index contributed by atoms with van der Waals surface area (Å²) in [7, 11) is 1.93. The molecular weight excluding hydrogens is 288 g/mol. The normalized spacial score (nSPS) is 17.2. The lowest BCUT2D eigenvalue weighted by atomic mass is 9.78. The molecule has 2 N–H and O–H groups in total. The van der Waals surface area contributed by atoms with Crippen LogP contribution in [0.5, 0.6) is 0 Å². The fraction of sp³-hybridized carbons (Fsp3) is 0.588. The number of anilines is 1. The van der Waals surface area contributed by atoms with Gasteiger partial charge in [0.1, 0.15) is 11.5 Å². The summed E-state index contributed by atoms with van der Waals surface area (Å²) < 4.78 is 1.84. The van der Waals surface area contributed by atoms with Gasteiger partial charge in [0.05, 0.1) is 11.9 Å². The van der Waals surface area contributed by atoms with Gasteiger partial charge >= 0.3 is 0 Å². The minimum atomic E-state index is 0.442. The van der Waals surface area contributed by atoms with Gasteiger partial charge in [-0.15, -0.1) is 10.2 Å². The van der Waals surface area contributed by atoms with Crippen LogP contribution in [0, 0.1) is 12.3 Å². The number of rotatable bonds is 5. The fourth-order valence-electron chi connectivity index (χ4n) is 3.24. The molecule has 1 saturated heterocycles. The number of hydrogen-bond donors (Lipinski definition) is 2. The molecule has 0 atom stereocenters. The van der Waals surface area contributed by atoms with E-state index in [4.69, 9.17) is 0 Å². The van der Waals surface area contributed by atoms with Crippen LogP contribution in [0.4, 0.5) is 5.82 Å². The molecule has 124 valence electrons. The van der Waals surface area contributed by atoms with Crippen molar-refractivity contribution in [2.24, 2.45) is 12.5 Å². The van der Waals surface area contributed by atoms with Crippen LogP contribution in [0.15, 0.2) is 18.3 Å². The van der Waals surface area contributed by atoms with Gasteiger partial charge in [-0.1, -0.05) is 6.92 Å². The molecular formula is C17H26N6. The van der Waals surface area contributed by atoms with Crippen LogP contribution in [0.25, 0.3) is 11.4 Å². The molecule has 3 heterocycles. The number of hydrogen-bond acceptors (Lipinski definition) is 5. The van der Waals surface area contributed by atoms with Crippen LogP contribution in [0.1, 0.15) is 31.7 Å². The smallest absolute Gasteiger partial charge is 0.148 e. The molecule has 23 heavy (non-hydrogen) atoms. The molecule has 1 fully saturated rings. The van der Waals surface area contributed by atoms with Crippen molar-refractivity contribution in [2.75, 3.05) is 25.0 Å². The molecule has 0 aromatic carbocycles. The van der Waals surface area contributed by atoms with Crippen LogP contribution in [-0.2, 0) is 7.05 Å². The number of aryl methyl sites for hydroxylation is 2. The zero-order valence-electron chi connectivity index (χ0n) is 14.3. The van der Waals surface area contributed by atoms with E-state index < -0.39 is 0 Å². The topological polar surface area (TPSA) is 67.7 Å². The predicted octanol–water partition coefficient (Wildman–Crippen LogP) is 2.38. The van der Waals surface area contributed by atoms with E-state index in [0.717, 1.165) is 42.4 Å². The van der Waals surface area contributed by atoms with E-state index in [0.29, 0.717) is 5.41 Å². The van der Waals surface area contributed by atoms with Gasteiger partial charge in [0.25, 0.3) is 0 Å². The summed E-state index contributed by atoms with van der Waals surface area (Å²) in [5.41, 5.74) is 3.43. The highest BCUT2D eigenvalue weighted by atomic mass is 15.3. The van der Waals surface area contributed by atoms with Crippen molar-refractivity contribution in [1.29, 1.82) is 0 Å². The second kappa shape index (κ2) is 6.66. The van der Waals surface area contributed by atoms with E-state index in [2.05, 4.69) is 32.9 Å². The van der Waals surface area contributed by atoms with Crippen molar-refractivity contribution in [1.82, 2.24) is 25.3 Å². The highest BCUT2D eigenvalue weighted by Gasteiger charge is 2.25. The Hall–Kier alpha value is -1.95. The van der Waals surface area contributed by atoms with Crippen LogP contribution in [0.2, 0.25) is 0 Å². The molecule has 0 unspecified atom stereocenters. The number of nitrogens with one attached hydrogen (secondary N) is 2. The van der Waals surface area contributed by atoms with Crippen LogP contribution in [0.3, 0.4) is 0 Å². The largest absolute Gasteiger partial charge is 0.369 e. The average Bonchev–Trinajstić information content (AvgIpc) is 2.88. The van der Waals surface area contributed by atoms with E-state index >= 15 is 0 Å². The third-order valence-electron chi connectivity index (χ3n) is 4.87. The average molecular weight is 314 g/mol. The van der Waals surface area contributed by atoms with Crippen LogP contribution in [-0.4, -0.2) is 39.6 Å². The summed E-state index contributed by atoms with van der Waals surface area (Å²) in [4.78, 5) is 0. The Morgan fingerprint density at radius 3 is 2.65 bits per heavy atom. The standard InChI is InChI=1S/C17H26N6/c1-13-12-20-23(3)16(13)14-4-5-15(22-21-14)19-11-8-17(2)6-9-18-10-7-17/h4-5,12,18H,6-11H2,1-3H3,(H,19,22). The second-order valence-electron chi connectivity index (χ2n) is 6.84. The molecule has 1 aliphatic rings. The van der Waals surface area contributed by atoms with Crippen LogP contribution < -0.4 is 10.6 Å². The van der Waals surface area contributed by atoms with E-state index in [1.54, 1.807) is 0 Å². The first-order chi connectivity index (χ1) is 11.1. The van der Waals surface area contributed by atoms with Crippen molar-refractivity contribution in [3.63, 3.8) is 0 Å². The molecule has 6 heteroatoms. The van der Waals surface area contributed by atoms with E-state index in [-0.39, 0.29) is 0 Å². The molecule has 0 bridgehead atoms. The lowest BCUT2D eigenvalue weighted by Gasteiger charge is -2.34. The van der Waals surface area contributed by atoms with Gasteiger partial charge in [-0.2, -0.15) is 5.10 Å². The molecule has 6 nitrogen and oxygen atoms in total. The zero-order valence-corrected chi connectivity index (χ0v) is 14.3. The first kappa shape index (κ1) is 15.9. The monoisotopic (exact) mass is 314 g/mol. The summed E-state index contributed by atoms with van der Waals surface area (Å²) in [6.45, 7) is 7.63. The van der Waals surface area contributed by atoms with Crippen molar-refractivity contribution >= 4 is 5.82 Å². The van der Waals surface area contributed by atoms with E-state index in [1.807, 2.05) is 37.0 Å². The second-order valence-corrected chi connectivity index (χ2v) is 6.84. The fourth-order valence-corrected chi connectivity index (χ4v) is 3.24. The SMILES string of the molecule is Cc1cnn(C)c1-c1ccc(NCCC2(C)CCNCC2)nn1. The summed E-state index contributed by atoms with van der Waals surface area (Å²) >= 11 is 0. The Morgan fingerprint density at radius 2 is 2.04 bits per heavy atom. The highest BCUT2D eigenvalue weighted by molar-refractivity contribution is 5.59. The molecule has 0 saturated carbocycles. The molecule has 0 amide bonds. The van der Waals surface area contributed by atoms with Crippen molar-refractivity contribution < 1.29 is 0 Å². The van der Waals surface area contributed by atoms with Gasteiger partial charge in [-0.25, -0.2) is 0 Å². The minimum absolute atomic E-state index is 0.442. The van der Waals surface area contributed by atoms with E-state index in [1.165, 1.54) is 19.3 Å². The Bertz CT molecular complexity index is 620. The quantitative estimate of drug-likeness (QED) is 0.887. The third kappa shape index (κ3) is 3.69. The lowest BCUT2D eigenvalue weighted by molar-refractivity contribution is 0.218. The molecule has 0 spiro atoms. The summed E-state index contributed by atoms with van der Waals surface area (Å²) in [6, 6.07) is 4.01. The molecule has 1 aliphatic heterocycles. The highest BCUT2D eigenvalue weighted by Crippen LogP contribution is 2.31. The van der Waals surface area contributed by atoms with Crippen molar-refractivity contribution in [3.05, 3.63) is 23.9 Å². The summed E-state index contributed by atoms with van der Waals surface area (Å²) in [5.74, 6) is 0.839. The van der Waals surface area contributed by atoms with E-state index in [9.17, 15) is 0 Å². The Labute approximate surface area is 137 Å². The maximum Gasteiger partial charge on any atom is 0.148 e. The van der Waals surface area contributed by atoms with Crippen molar-refractivity contribution in [3.8, 4) is 11.4 Å². The first-order valence-corrected chi connectivity index (χ1v) is 8.35. The maximum absolute atomic E-state index is 4.34. The van der Waals surface area contributed by atoms with Crippen molar-refractivity contribution in [2.45, 2.75) is 33.1 Å². The summed E-state index contributed by atoms with van der Waals surface area (Å²) in [5, 5.41) is 19.7. The minimum Gasteiger partial charge on any atom is -0.369 e. The lowest BCUT2D eigenvalue weighted by Crippen LogP contribution is -2.35. The van der Waals surface area contributed by atoms with Crippen LogP contribution >= 0.6 is 0 Å². The molecule has 2 aromatic rings. The first-order valence-electron chi connectivity index (χ1n) is 8.35. The Kier molecular flexibility index (Phi) is 4.61. The number of aromatic nitrogens is 4. The molecule has 0 aliphatic carbocycles. The summed E-state index contributed by atoms with van der Waals surface area (Å²) in [6.07, 6.45) is 5.51. The molecule has 2 aromatic heterocycles. The number of nitrogens with zero attached hydrogens (tertiary/aromatic N) is 4. The zero-order chi connectivity index (χ0) is 16.3. The third-order valence-corrected chi connectivity index (χ3v) is 4.87. The molecule has 0 radical (unpaired) electrons. The Morgan fingerprint density at radius 1 is 1.26 bits per heavy atom. The molecule has 3 rings (SSSR count). The van der Waals surface area contributed by atoms with Gasteiger partial charge in [0, 0.05) is 13.6 Å². The van der Waals surface area contributed by atoms with Gasteiger partial charge < -0.3 is 10.6 Å². The maximum atomic E-state index is 4.34. The van der Waals surface area contributed by atoms with Gasteiger partial charge in [0.15, 0.2) is 0 Å².